The zero-order valence-electron chi connectivity index (χ0n) is 12.5. The Kier molecular flexibility index (Phi) is 4.05. The normalized spacial score (nSPS) is 24.4. The molecule has 0 spiro atoms. The predicted molar refractivity (Wildman–Crippen MR) is 88.4 cm³/mol. The first kappa shape index (κ1) is 15.6. The molecule has 1 aliphatic heterocycles. The molecule has 116 valence electrons. The highest BCUT2D eigenvalue weighted by Crippen LogP contribution is 2.58. The summed E-state index contributed by atoms with van der Waals surface area (Å²) >= 11 is 1.29. The second kappa shape index (κ2) is 5.72. The maximum absolute atomic E-state index is 13.1. The number of thioether (sulfide) groups is 1. The van der Waals surface area contributed by atoms with Gasteiger partial charge in [-0.25, -0.2) is 8.42 Å². The fourth-order valence-electron chi connectivity index (χ4n) is 2.46. The van der Waals surface area contributed by atoms with E-state index in [0.717, 1.165) is 4.90 Å². The molecule has 3 nitrogen and oxygen atoms in total. The first-order chi connectivity index (χ1) is 10.5. The van der Waals surface area contributed by atoms with Crippen LogP contribution in [0, 0.1) is 5.92 Å². The highest BCUT2D eigenvalue weighted by atomic mass is 32.3. The van der Waals surface area contributed by atoms with Gasteiger partial charge in [-0.05, 0) is 30.2 Å². The van der Waals surface area contributed by atoms with Crippen LogP contribution in [-0.2, 0) is 14.6 Å². The van der Waals surface area contributed by atoms with Crippen LogP contribution < -0.4 is 0 Å². The van der Waals surface area contributed by atoms with E-state index in [-0.39, 0.29) is 12.0 Å². The van der Waals surface area contributed by atoms with Gasteiger partial charge >= 0.3 is 0 Å². The largest absolute Gasteiger partial charge is 0.339 e. The predicted octanol–water partition coefficient (Wildman–Crippen LogP) is 3.96. The molecule has 0 radical (unpaired) electrons. The van der Waals surface area contributed by atoms with Crippen molar-refractivity contribution in [1.29, 1.82) is 0 Å². The Morgan fingerprint density at radius 2 is 1.55 bits per heavy atom. The number of hydrogen-bond acceptors (Lipinski definition) is 4. The lowest BCUT2D eigenvalue weighted by atomic mass is 10.1. The van der Waals surface area contributed by atoms with E-state index >= 15 is 0 Å². The van der Waals surface area contributed by atoms with E-state index in [1.54, 1.807) is 24.3 Å². The number of hydrogen-bond donors (Lipinski definition) is 0. The van der Waals surface area contributed by atoms with Crippen LogP contribution in [0.5, 0.6) is 0 Å². The van der Waals surface area contributed by atoms with E-state index in [1.165, 1.54) is 11.8 Å². The average molecular weight is 334 g/mol. The van der Waals surface area contributed by atoms with Crippen molar-refractivity contribution in [1.82, 2.24) is 0 Å². The summed E-state index contributed by atoms with van der Waals surface area (Å²) in [7, 11) is -3.58. The van der Waals surface area contributed by atoms with Crippen molar-refractivity contribution in [2.45, 2.75) is 34.0 Å². The summed E-state index contributed by atoms with van der Waals surface area (Å²) in [5.41, 5.74) is 0. The topological polar surface area (TPSA) is 46.7 Å². The van der Waals surface area contributed by atoms with Crippen molar-refractivity contribution >= 4 is 21.6 Å². The van der Waals surface area contributed by atoms with Crippen molar-refractivity contribution in [2.24, 2.45) is 5.92 Å². The Hall–Kier alpha value is -1.30. The van der Waals surface area contributed by atoms with Crippen LogP contribution in [0.1, 0.15) is 13.8 Å². The Bertz CT molecular complexity index is 742. The summed E-state index contributed by atoms with van der Waals surface area (Å²) in [4.78, 5) is 1.20. The van der Waals surface area contributed by atoms with Gasteiger partial charge in [-0.1, -0.05) is 62.0 Å². The molecule has 5 heteroatoms. The lowest BCUT2D eigenvalue weighted by molar-refractivity contribution is 0.343. The van der Waals surface area contributed by atoms with Gasteiger partial charge in [0.05, 0.1) is 4.90 Å². The SMILES string of the molecule is CC(C)[C@H]1O[C@]1(Sc1ccccc1)S(=O)(=O)c1ccccc1. The van der Waals surface area contributed by atoms with Gasteiger partial charge in [0.2, 0.25) is 9.84 Å². The molecule has 3 rings (SSSR count). The molecule has 0 bridgehead atoms. The lowest BCUT2D eigenvalue weighted by Gasteiger charge is -2.15. The monoisotopic (exact) mass is 334 g/mol. The average Bonchev–Trinajstić information content (AvgIpc) is 3.26. The van der Waals surface area contributed by atoms with Crippen molar-refractivity contribution < 1.29 is 13.2 Å². The minimum absolute atomic E-state index is 0.134. The van der Waals surface area contributed by atoms with Crippen LogP contribution in [0.4, 0.5) is 0 Å². The number of sulfone groups is 1. The quantitative estimate of drug-likeness (QED) is 0.777. The van der Waals surface area contributed by atoms with Gasteiger partial charge in [0.25, 0.3) is 4.27 Å². The molecule has 1 saturated heterocycles. The van der Waals surface area contributed by atoms with Gasteiger partial charge in [-0.2, -0.15) is 0 Å². The summed E-state index contributed by atoms with van der Waals surface area (Å²) in [6, 6.07) is 18.1. The van der Waals surface area contributed by atoms with Gasteiger partial charge in [0.1, 0.15) is 6.10 Å². The van der Waals surface area contributed by atoms with E-state index in [9.17, 15) is 8.42 Å². The van der Waals surface area contributed by atoms with Gasteiger partial charge in [-0.3, -0.25) is 0 Å². The first-order valence-electron chi connectivity index (χ1n) is 7.19. The molecule has 0 amide bonds. The molecule has 0 unspecified atom stereocenters. The molecule has 2 atom stereocenters. The molecule has 1 heterocycles. The lowest BCUT2D eigenvalue weighted by Crippen LogP contribution is -2.26. The summed E-state index contributed by atoms with van der Waals surface area (Å²) in [5, 5.41) is 0. The smallest absolute Gasteiger partial charge is 0.252 e. The van der Waals surface area contributed by atoms with Crippen molar-refractivity contribution in [3.8, 4) is 0 Å². The minimum Gasteiger partial charge on any atom is -0.339 e. The van der Waals surface area contributed by atoms with Crippen molar-refractivity contribution in [3.63, 3.8) is 0 Å². The van der Waals surface area contributed by atoms with Crippen LogP contribution >= 0.6 is 11.8 Å². The number of benzene rings is 2. The van der Waals surface area contributed by atoms with E-state index < -0.39 is 14.1 Å². The Labute approximate surface area is 135 Å². The minimum atomic E-state index is -3.58. The summed E-state index contributed by atoms with van der Waals surface area (Å²) in [6.45, 7) is 3.97. The van der Waals surface area contributed by atoms with Crippen molar-refractivity contribution in [2.75, 3.05) is 0 Å². The van der Waals surface area contributed by atoms with Gasteiger partial charge in [-0.15, -0.1) is 0 Å². The Morgan fingerprint density at radius 3 is 2.05 bits per heavy atom. The zero-order chi connectivity index (χ0) is 15.8. The van der Waals surface area contributed by atoms with E-state index in [0.29, 0.717) is 4.90 Å². The summed E-state index contributed by atoms with van der Waals surface area (Å²) in [6.07, 6.45) is -0.303. The molecular weight excluding hydrogens is 316 g/mol. The Balaban J connectivity index is 2.01. The standard InChI is InChI=1S/C17H18O3S2/c1-13(2)16-17(20-16,21-14-9-5-3-6-10-14)22(18,19)15-11-7-4-8-12-15/h3-13,16H,1-2H3/t16-,17-/m1/s1. The van der Waals surface area contributed by atoms with Crippen molar-refractivity contribution in [3.05, 3.63) is 60.7 Å². The Morgan fingerprint density at radius 1 is 1.00 bits per heavy atom. The molecule has 0 aliphatic carbocycles. The number of ether oxygens (including phenoxy) is 1. The molecule has 1 aliphatic rings. The molecule has 2 aromatic rings. The third-order valence-corrected chi connectivity index (χ3v) is 7.62. The molecule has 0 N–H and O–H groups in total. The molecular formula is C17H18O3S2. The van der Waals surface area contributed by atoms with Gasteiger partial charge < -0.3 is 4.74 Å². The molecule has 22 heavy (non-hydrogen) atoms. The number of epoxide rings is 1. The van der Waals surface area contributed by atoms with Crippen LogP contribution in [0.3, 0.4) is 0 Å². The van der Waals surface area contributed by atoms with Gasteiger partial charge in [0.15, 0.2) is 0 Å². The van der Waals surface area contributed by atoms with E-state index in [2.05, 4.69) is 0 Å². The van der Waals surface area contributed by atoms with E-state index in [4.69, 9.17) is 4.74 Å². The highest BCUT2D eigenvalue weighted by Gasteiger charge is 2.68. The van der Waals surface area contributed by atoms with Crippen LogP contribution in [-0.4, -0.2) is 18.8 Å². The third kappa shape index (κ3) is 2.57. The van der Waals surface area contributed by atoms with E-state index in [1.807, 2.05) is 50.2 Å². The summed E-state index contributed by atoms with van der Waals surface area (Å²) < 4.78 is 30.7. The third-order valence-electron chi connectivity index (χ3n) is 3.62. The molecule has 0 aromatic heterocycles. The van der Waals surface area contributed by atoms with Gasteiger partial charge in [0, 0.05) is 4.90 Å². The molecule has 2 aromatic carbocycles. The molecule has 1 fully saturated rings. The molecule has 0 saturated carbocycles. The zero-order valence-corrected chi connectivity index (χ0v) is 14.1. The maximum atomic E-state index is 13.1. The fraction of sp³-hybridized carbons (Fsp3) is 0.294. The first-order valence-corrected chi connectivity index (χ1v) is 9.49. The highest BCUT2D eigenvalue weighted by molar-refractivity contribution is 8.15. The van der Waals surface area contributed by atoms with Crippen LogP contribution in [0.15, 0.2) is 70.5 Å². The second-order valence-corrected chi connectivity index (χ2v) is 9.24. The summed E-state index contributed by atoms with van der Waals surface area (Å²) in [5.74, 6) is 0.134. The maximum Gasteiger partial charge on any atom is 0.252 e. The van der Waals surface area contributed by atoms with Crippen LogP contribution in [0.25, 0.3) is 0 Å². The fourth-order valence-corrected chi connectivity index (χ4v) is 6.29. The van der Waals surface area contributed by atoms with Crippen LogP contribution in [0.2, 0.25) is 0 Å². The second-order valence-electron chi connectivity index (χ2n) is 5.62. The number of rotatable bonds is 5.